The largest absolute Gasteiger partial charge is 0.290 e. The van der Waals surface area contributed by atoms with E-state index < -0.39 is 0 Å². The zero-order valence-corrected chi connectivity index (χ0v) is 24.5. The maximum absolute atomic E-state index is 12.9. The fraction of sp³-hybridized carbons (Fsp3) is 0.400. The van der Waals surface area contributed by atoms with Gasteiger partial charge in [0.15, 0.2) is 5.78 Å². The normalized spacial score (nSPS) is 21.9. The molecule has 0 aromatic carbocycles. The fourth-order valence-electron chi connectivity index (χ4n) is 5.04. The van der Waals surface area contributed by atoms with E-state index in [-0.39, 0.29) is 11.7 Å². The lowest BCUT2D eigenvalue weighted by Gasteiger charge is -2.17. The maximum atomic E-state index is 12.9. The summed E-state index contributed by atoms with van der Waals surface area (Å²) < 4.78 is 0. The van der Waals surface area contributed by atoms with Gasteiger partial charge in [-0.3, -0.25) is 14.8 Å². The molecule has 0 radical (unpaired) electrons. The number of carbonyl (C=O) groups excluding carboxylic acids is 1. The zero-order chi connectivity index (χ0) is 28.4. The van der Waals surface area contributed by atoms with E-state index in [4.69, 9.17) is 4.99 Å². The van der Waals surface area contributed by atoms with Gasteiger partial charge in [-0.15, -0.1) is 0 Å². The topological polar surface area (TPSA) is 41.8 Å². The summed E-state index contributed by atoms with van der Waals surface area (Å²) in [6.45, 7) is 26.7. The highest BCUT2D eigenvalue weighted by Crippen LogP contribution is 2.32. The highest BCUT2D eigenvalue weighted by Gasteiger charge is 2.21. The molecule has 3 heteroatoms. The Bertz CT molecular complexity index is 1210. The Morgan fingerprint density at radius 3 is 2.47 bits per heavy atom. The first kappa shape index (κ1) is 30.9. The van der Waals surface area contributed by atoms with E-state index in [0.717, 1.165) is 47.3 Å². The van der Waals surface area contributed by atoms with Crippen molar-refractivity contribution >= 4 is 17.2 Å². The van der Waals surface area contributed by atoms with Crippen LogP contribution in [0.3, 0.4) is 0 Å². The number of ketones is 1. The summed E-state index contributed by atoms with van der Waals surface area (Å²) in [5.74, 6) is 0.516. The fourth-order valence-corrected chi connectivity index (χ4v) is 5.04. The molecule has 0 bridgehead atoms. The van der Waals surface area contributed by atoms with Crippen molar-refractivity contribution in [1.82, 2.24) is 0 Å². The number of hydrogen-bond donors (Lipinski definition) is 0. The van der Waals surface area contributed by atoms with E-state index >= 15 is 0 Å². The van der Waals surface area contributed by atoms with Gasteiger partial charge in [-0.2, -0.15) is 0 Å². The summed E-state index contributed by atoms with van der Waals surface area (Å²) in [6.07, 6.45) is 18.1. The molecule has 1 aliphatic heterocycles. The molecule has 0 spiro atoms. The Balaban J connectivity index is 2.51. The molecule has 0 aromatic heterocycles. The van der Waals surface area contributed by atoms with Crippen LogP contribution in [0.1, 0.15) is 73.1 Å². The van der Waals surface area contributed by atoms with Crippen LogP contribution >= 0.6 is 0 Å². The van der Waals surface area contributed by atoms with Crippen LogP contribution in [0.4, 0.5) is 0 Å². The molecule has 2 aliphatic rings. The summed E-state index contributed by atoms with van der Waals surface area (Å²) in [5, 5.41) is 0. The third-order valence-corrected chi connectivity index (χ3v) is 7.44. The Morgan fingerprint density at radius 2 is 1.87 bits per heavy atom. The van der Waals surface area contributed by atoms with Crippen LogP contribution in [-0.2, 0) is 4.79 Å². The minimum absolute atomic E-state index is 0.109. The van der Waals surface area contributed by atoms with Gasteiger partial charge in [-0.25, -0.2) is 0 Å². The molecule has 0 N–H and O–H groups in total. The second-order valence-corrected chi connectivity index (χ2v) is 10.6. The van der Waals surface area contributed by atoms with Crippen LogP contribution in [0.15, 0.2) is 117 Å². The molecule has 3 nitrogen and oxygen atoms in total. The lowest BCUT2D eigenvalue weighted by atomic mass is 9.89. The second kappa shape index (κ2) is 14.6. The molecule has 202 valence electrons. The van der Waals surface area contributed by atoms with Gasteiger partial charge in [0, 0.05) is 25.3 Å². The van der Waals surface area contributed by atoms with Gasteiger partial charge >= 0.3 is 0 Å². The van der Waals surface area contributed by atoms with Crippen molar-refractivity contribution in [3.63, 3.8) is 0 Å². The van der Waals surface area contributed by atoms with Crippen molar-refractivity contribution in [2.75, 3.05) is 7.05 Å². The van der Waals surface area contributed by atoms with Gasteiger partial charge in [0.05, 0.1) is 11.4 Å². The Labute approximate surface area is 231 Å². The summed E-state index contributed by atoms with van der Waals surface area (Å²) in [7, 11) is 1.73. The van der Waals surface area contributed by atoms with Crippen LogP contribution in [0.2, 0.25) is 0 Å². The minimum atomic E-state index is -0.109. The first-order chi connectivity index (χ1) is 18.0. The van der Waals surface area contributed by atoms with Crippen molar-refractivity contribution in [3.05, 3.63) is 107 Å². The number of aliphatic imine (C=N–C) groups is 2. The van der Waals surface area contributed by atoms with Gasteiger partial charge in [0.25, 0.3) is 0 Å². The standard InChI is InChI=1S/C35H46N2O/c1-11-24(5)18-26(7)31(23(3)4)21-33(36-10)34-22-35(38)28(9)20-32(37-34)27(8)19-29(12-2)30-15-13-14-25(6)16-17-30/h11-12,18-19,21-22,26,30H,1,3,6,9,13-17,20H2,2,4-5,7-8,10H3/b24-18-,27-19-,29-12+,31-21-,36-33+. The average molecular weight is 511 g/mol. The van der Waals surface area contributed by atoms with E-state index in [9.17, 15) is 4.79 Å². The van der Waals surface area contributed by atoms with Crippen molar-refractivity contribution in [1.29, 1.82) is 0 Å². The van der Waals surface area contributed by atoms with Crippen LogP contribution in [0, 0.1) is 11.8 Å². The predicted octanol–water partition coefficient (Wildman–Crippen LogP) is 9.21. The van der Waals surface area contributed by atoms with E-state index in [0.29, 0.717) is 29.3 Å². The third kappa shape index (κ3) is 8.62. The minimum Gasteiger partial charge on any atom is -0.290 e. The van der Waals surface area contributed by atoms with Gasteiger partial charge in [0.1, 0.15) is 0 Å². The highest BCUT2D eigenvalue weighted by molar-refractivity contribution is 6.20. The Hall–Kier alpha value is -3.33. The summed E-state index contributed by atoms with van der Waals surface area (Å²) >= 11 is 0. The van der Waals surface area contributed by atoms with E-state index in [1.807, 2.05) is 26.0 Å². The molecule has 2 rings (SSSR count). The number of nitrogens with zero attached hydrogens (tertiary/aromatic N) is 2. The predicted molar refractivity (Wildman–Crippen MR) is 167 cm³/mol. The molecule has 0 amide bonds. The first-order valence-electron chi connectivity index (χ1n) is 13.7. The van der Waals surface area contributed by atoms with Crippen molar-refractivity contribution in [3.8, 4) is 0 Å². The summed E-state index contributed by atoms with van der Waals surface area (Å²) in [5.41, 5.74) is 9.43. The molecule has 1 saturated carbocycles. The third-order valence-electron chi connectivity index (χ3n) is 7.44. The quantitative estimate of drug-likeness (QED) is 0.100. The molecule has 38 heavy (non-hydrogen) atoms. The smallest absolute Gasteiger partial charge is 0.183 e. The van der Waals surface area contributed by atoms with Crippen LogP contribution < -0.4 is 0 Å². The average Bonchev–Trinajstić information content (AvgIpc) is 3.18. The molecular weight excluding hydrogens is 464 g/mol. The number of rotatable bonds is 9. The molecular formula is C35H46N2O. The molecule has 2 unspecified atom stereocenters. The van der Waals surface area contributed by atoms with Gasteiger partial charge < -0.3 is 0 Å². The molecule has 0 aromatic rings. The first-order valence-corrected chi connectivity index (χ1v) is 13.7. The van der Waals surface area contributed by atoms with Gasteiger partial charge in [-0.05, 0) is 100 Å². The van der Waals surface area contributed by atoms with Crippen LogP contribution in [0.5, 0.6) is 0 Å². The molecule has 2 atom stereocenters. The monoisotopic (exact) mass is 510 g/mol. The van der Waals surface area contributed by atoms with E-state index in [1.54, 1.807) is 13.1 Å². The zero-order valence-electron chi connectivity index (χ0n) is 24.5. The van der Waals surface area contributed by atoms with E-state index in [2.05, 4.69) is 70.3 Å². The van der Waals surface area contributed by atoms with Crippen molar-refractivity contribution in [2.45, 2.75) is 73.1 Å². The lowest BCUT2D eigenvalue weighted by molar-refractivity contribution is -0.111. The van der Waals surface area contributed by atoms with Crippen LogP contribution in [-0.4, -0.2) is 24.3 Å². The number of carbonyl (C=O) groups is 1. The molecule has 0 saturated heterocycles. The maximum Gasteiger partial charge on any atom is 0.183 e. The highest BCUT2D eigenvalue weighted by atomic mass is 16.1. The second-order valence-electron chi connectivity index (χ2n) is 10.6. The Morgan fingerprint density at radius 1 is 1.16 bits per heavy atom. The van der Waals surface area contributed by atoms with Gasteiger partial charge in [0.2, 0.25) is 0 Å². The summed E-state index contributed by atoms with van der Waals surface area (Å²) in [6, 6.07) is 0. The molecule has 1 aliphatic carbocycles. The Kier molecular flexibility index (Phi) is 11.8. The molecule has 1 fully saturated rings. The lowest BCUT2D eigenvalue weighted by Crippen LogP contribution is -2.08. The van der Waals surface area contributed by atoms with Crippen molar-refractivity contribution in [2.24, 2.45) is 21.8 Å². The van der Waals surface area contributed by atoms with Crippen LogP contribution in [0.25, 0.3) is 0 Å². The summed E-state index contributed by atoms with van der Waals surface area (Å²) in [4.78, 5) is 22.5. The van der Waals surface area contributed by atoms with Crippen molar-refractivity contribution < 1.29 is 4.79 Å². The SMILES string of the molecule is C=C/C(C)=C\C(C)/C(=C\C(=N/C)C1=CC(=O)C(=C)CC(/C(C)=C\C(=C/C)C2CCCC(=C)CC2)=N1)C(=C)C. The number of hydrogen-bond acceptors (Lipinski definition) is 3. The van der Waals surface area contributed by atoms with E-state index in [1.165, 1.54) is 24.0 Å². The molecule has 1 heterocycles. The van der Waals surface area contributed by atoms with Gasteiger partial charge in [-0.1, -0.05) is 74.3 Å². The number of allylic oxidation sites excluding steroid dienone is 13.